The van der Waals surface area contributed by atoms with Gasteiger partial charge in [-0.1, -0.05) is 25.3 Å². The first kappa shape index (κ1) is 17.4. The Hall–Kier alpha value is -1.46. The van der Waals surface area contributed by atoms with Crippen LogP contribution in [0.15, 0.2) is 18.2 Å². The van der Waals surface area contributed by atoms with Crippen LogP contribution in [0.2, 0.25) is 0 Å². The number of fused-ring (bicyclic) bond motifs is 1. The Morgan fingerprint density at radius 1 is 1.12 bits per heavy atom. The Bertz CT molecular complexity index is 586. The van der Waals surface area contributed by atoms with E-state index in [1.165, 1.54) is 19.3 Å². The van der Waals surface area contributed by atoms with E-state index in [1.54, 1.807) is 0 Å². The average molecular weight is 353 g/mol. The molecule has 1 saturated heterocycles. The molecule has 0 atom stereocenters. The fourth-order valence-corrected chi connectivity index (χ4v) is 3.71. The van der Waals surface area contributed by atoms with E-state index in [4.69, 9.17) is 9.47 Å². The van der Waals surface area contributed by atoms with Gasteiger partial charge in [-0.05, 0) is 30.5 Å². The number of halogens is 1. The van der Waals surface area contributed by atoms with Crippen LogP contribution in [-0.4, -0.2) is 36.7 Å². The summed E-state index contributed by atoms with van der Waals surface area (Å²) in [5.74, 6) is 2.07. The van der Waals surface area contributed by atoms with Gasteiger partial charge in [-0.2, -0.15) is 0 Å². The van der Waals surface area contributed by atoms with Gasteiger partial charge in [0.05, 0.1) is 5.92 Å². The van der Waals surface area contributed by atoms with Crippen molar-refractivity contribution in [1.82, 2.24) is 10.2 Å². The maximum atomic E-state index is 12.9. The van der Waals surface area contributed by atoms with E-state index in [2.05, 4.69) is 16.3 Å². The number of hydrogen-bond donors (Lipinski definition) is 1. The van der Waals surface area contributed by atoms with Crippen molar-refractivity contribution in [2.45, 2.75) is 44.7 Å². The van der Waals surface area contributed by atoms with E-state index >= 15 is 0 Å². The highest BCUT2D eigenvalue weighted by Crippen LogP contribution is 2.34. The first-order valence-corrected chi connectivity index (χ1v) is 8.71. The summed E-state index contributed by atoms with van der Waals surface area (Å²) in [4.78, 5) is 15.0. The second kappa shape index (κ2) is 7.62. The molecule has 0 aromatic heterocycles. The molecule has 5 nitrogen and oxygen atoms in total. The number of amides is 1. The SMILES string of the molecule is Cl.O=C(C1CNC1)N(Cc1ccc2c(c1)OCO2)C1CCCCC1. The fourth-order valence-electron chi connectivity index (χ4n) is 3.71. The van der Waals surface area contributed by atoms with Crippen LogP contribution in [0.3, 0.4) is 0 Å². The number of benzene rings is 1. The van der Waals surface area contributed by atoms with Gasteiger partial charge in [0, 0.05) is 25.7 Å². The van der Waals surface area contributed by atoms with E-state index in [1.807, 2.05) is 12.1 Å². The molecule has 0 spiro atoms. The van der Waals surface area contributed by atoms with Gasteiger partial charge in [0.1, 0.15) is 0 Å². The summed E-state index contributed by atoms with van der Waals surface area (Å²) >= 11 is 0. The zero-order valence-electron chi connectivity index (χ0n) is 13.8. The van der Waals surface area contributed by atoms with Crippen LogP contribution in [0.25, 0.3) is 0 Å². The number of nitrogens with one attached hydrogen (secondary N) is 1. The van der Waals surface area contributed by atoms with Crippen molar-refractivity contribution in [2.24, 2.45) is 5.92 Å². The number of carbonyl (C=O) groups is 1. The molecular formula is C18H25ClN2O3. The maximum absolute atomic E-state index is 12.9. The predicted molar refractivity (Wildman–Crippen MR) is 93.6 cm³/mol. The lowest BCUT2D eigenvalue weighted by Crippen LogP contribution is -2.54. The van der Waals surface area contributed by atoms with E-state index in [0.29, 0.717) is 18.5 Å². The summed E-state index contributed by atoms with van der Waals surface area (Å²) in [7, 11) is 0. The lowest BCUT2D eigenvalue weighted by atomic mass is 9.91. The Kier molecular flexibility index (Phi) is 5.51. The monoisotopic (exact) mass is 352 g/mol. The van der Waals surface area contributed by atoms with Gasteiger partial charge < -0.3 is 19.7 Å². The number of nitrogens with zero attached hydrogens (tertiary/aromatic N) is 1. The Labute approximate surface area is 149 Å². The highest BCUT2D eigenvalue weighted by Gasteiger charge is 2.33. The van der Waals surface area contributed by atoms with E-state index in [0.717, 1.165) is 43.0 Å². The molecule has 132 valence electrons. The van der Waals surface area contributed by atoms with Crippen molar-refractivity contribution in [2.75, 3.05) is 19.9 Å². The maximum Gasteiger partial charge on any atom is 0.231 e. The molecule has 2 fully saturated rings. The summed E-state index contributed by atoms with van der Waals surface area (Å²) in [6.07, 6.45) is 6.04. The molecular weight excluding hydrogens is 328 g/mol. The number of carbonyl (C=O) groups excluding carboxylic acids is 1. The van der Waals surface area contributed by atoms with Crippen LogP contribution in [0.5, 0.6) is 11.5 Å². The van der Waals surface area contributed by atoms with Gasteiger partial charge in [0.2, 0.25) is 12.7 Å². The van der Waals surface area contributed by atoms with Gasteiger partial charge in [-0.25, -0.2) is 0 Å². The molecule has 1 N–H and O–H groups in total. The number of ether oxygens (including phenoxy) is 2. The van der Waals surface area contributed by atoms with E-state index in [-0.39, 0.29) is 25.1 Å². The average Bonchev–Trinajstić information content (AvgIpc) is 2.99. The van der Waals surface area contributed by atoms with Crippen LogP contribution in [-0.2, 0) is 11.3 Å². The molecule has 6 heteroatoms. The molecule has 0 unspecified atom stereocenters. The highest BCUT2D eigenvalue weighted by atomic mass is 35.5. The van der Waals surface area contributed by atoms with Crippen LogP contribution in [0.1, 0.15) is 37.7 Å². The zero-order valence-corrected chi connectivity index (χ0v) is 14.6. The number of rotatable bonds is 4. The fraction of sp³-hybridized carbons (Fsp3) is 0.611. The standard InChI is InChI=1S/C18H24N2O3.ClH/c21-18(14-9-19-10-14)20(15-4-2-1-3-5-15)11-13-6-7-16-17(8-13)23-12-22-16;/h6-8,14-15,19H,1-5,9-12H2;1H. The minimum absolute atomic E-state index is 0. The summed E-state index contributed by atoms with van der Waals surface area (Å²) < 4.78 is 10.8. The molecule has 4 rings (SSSR count). The highest BCUT2D eigenvalue weighted by molar-refractivity contribution is 5.85. The van der Waals surface area contributed by atoms with E-state index < -0.39 is 0 Å². The first-order valence-electron chi connectivity index (χ1n) is 8.71. The minimum Gasteiger partial charge on any atom is -0.454 e. The largest absolute Gasteiger partial charge is 0.454 e. The molecule has 1 amide bonds. The van der Waals surface area contributed by atoms with Gasteiger partial charge in [-0.3, -0.25) is 4.79 Å². The molecule has 2 aliphatic heterocycles. The second-order valence-electron chi connectivity index (χ2n) is 6.80. The third-order valence-electron chi connectivity index (χ3n) is 5.22. The molecule has 1 saturated carbocycles. The van der Waals surface area contributed by atoms with Gasteiger partial charge in [0.25, 0.3) is 0 Å². The van der Waals surface area contributed by atoms with Crippen molar-refractivity contribution in [1.29, 1.82) is 0 Å². The normalized spacial score (nSPS) is 20.2. The molecule has 24 heavy (non-hydrogen) atoms. The van der Waals surface area contributed by atoms with Gasteiger partial charge in [0.15, 0.2) is 11.5 Å². The van der Waals surface area contributed by atoms with Crippen LogP contribution in [0, 0.1) is 5.92 Å². The lowest BCUT2D eigenvalue weighted by Gasteiger charge is -2.39. The van der Waals surface area contributed by atoms with Crippen molar-refractivity contribution < 1.29 is 14.3 Å². The predicted octanol–water partition coefficient (Wildman–Crippen LogP) is 2.72. The lowest BCUT2D eigenvalue weighted by molar-refractivity contribution is -0.141. The van der Waals surface area contributed by atoms with Crippen LogP contribution < -0.4 is 14.8 Å². The van der Waals surface area contributed by atoms with Crippen LogP contribution in [0.4, 0.5) is 0 Å². The van der Waals surface area contributed by atoms with E-state index in [9.17, 15) is 4.79 Å². The van der Waals surface area contributed by atoms with Crippen molar-refractivity contribution in [3.63, 3.8) is 0 Å². The molecule has 3 aliphatic rings. The molecule has 0 radical (unpaired) electrons. The first-order chi connectivity index (χ1) is 11.3. The van der Waals surface area contributed by atoms with Crippen molar-refractivity contribution >= 4 is 18.3 Å². The Morgan fingerprint density at radius 3 is 2.58 bits per heavy atom. The van der Waals surface area contributed by atoms with Crippen LogP contribution >= 0.6 is 12.4 Å². The third-order valence-corrected chi connectivity index (χ3v) is 5.22. The molecule has 1 aromatic rings. The van der Waals surface area contributed by atoms with Gasteiger partial charge >= 0.3 is 0 Å². The topological polar surface area (TPSA) is 50.8 Å². The number of hydrogen-bond acceptors (Lipinski definition) is 4. The Morgan fingerprint density at radius 2 is 1.88 bits per heavy atom. The summed E-state index contributed by atoms with van der Waals surface area (Å²) in [5, 5.41) is 3.21. The van der Waals surface area contributed by atoms with Gasteiger partial charge in [-0.15, -0.1) is 12.4 Å². The minimum atomic E-state index is 0. The zero-order chi connectivity index (χ0) is 15.6. The Balaban J connectivity index is 0.00000169. The molecule has 1 aliphatic carbocycles. The van der Waals surface area contributed by atoms with Crippen molar-refractivity contribution in [3.8, 4) is 11.5 Å². The smallest absolute Gasteiger partial charge is 0.231 e. The summed E-state index contributed by atoms with van der Waals surface area (Å²) in [5.41, 5.74) is 1.13. The van der Waals surface area contributed by atoms with Crippen molar-refractivity contribution in [3.05, 3.63) is 23.8 Å². The molecule has 1 aromatic carbocycles. The molecule has 0 bridgehead atoms. The summed E-state index contributed by atoms with van der Waals surface area (Å²) in [6, 6.07) is 6.41. The summed E-state index contributed by atoms with van der Waals surface area (Å²) in [6.45, 7) is 2.61. The second-order valence-corrected chi connectivity index (χ2v) is 6.80. The third kappa shape index (κ3) is 3.47. The quantitative estimate of drug-likeness (QED) is 0.905. The molecule has 2 heterocycles.